The van der Waals surface area contributed by atoms with Gasteiger partial charge in [-0.1, -0.05) is 55.8 Å². The summed E-state index contributed by atoms with van der Waals surface area (Å²) in [6.07, 6.45) is 2.21. The van der Waals surface area contributed by atoms with E-state index in [-0.39, 0.29) is 5.91 Å². The highest BCUT2D eigenvalue weighted by Crippen LogP contribution is 2.25. The van der Waals surface area contributed by atoms with E-state index in [0.717, 1.165) is 41.5 Å². The zero-order valence-corrected chi connectivity index (χ0v) is 16.4. The van der Waals surface area contributed by atoms with Crippen molar-refractivity contribution in [1.82, 2.24) is 10.3 Å². The molecule has 0 saturated carbocycles. The molecule has 0 radical (unpaired) electrons. The maximum absolute atomic E-state index is 12.8. The average Bonchev–Trinajstić information content (AvgIpc) is 2.67. The van der Waals surface area contributed by atoms with Crippen molar-refractivity contribution < 1.29 is 9.69 Å². The number of carbonyl (C=O) groups excluding carboxylic acids is 1. The van der Waals surface area contributed by atoms with Gasteiger partial charge < -0.3 is 10.2 Å². The van der Waals surface area contributed by atoms with E-state index in [4.69, 9.17) is 4.98 Å². The number of para-hydroxylation sites is 1. The summed E-state index contributed by atoms with van der Waals surface area (Å²) in [6, 6.07) is 18.2. The average molecular weight is 362 g/mol. The first-order valence-corrected chi connectivity index (χ1v) is 9.65. The Morgan fingerprint density at radius 3 is 2.52 bits per heavy atom. The van der Waals surface area contributed by atoms with E-state index in [0.29, 0.717) is 12.1 Å². The summed E-state index contributed by atoms with van der Waals surface area (Å²) in [7, 11) is 4.16. The zero-order valence-electron chi connectivity index (χ0n) is 16.4. The van der Waals surface area contributed by atoms with E-state index in [1.807, 2.05) is 30.3 Å². The Labute approximate surface area is 161 Å². The minimum Gasteiger partial charge on any atom is -0.346 e. The van der Waals surface area contributed by atoms with Crippen LogP contribution in [0.2, 0.25) is 0 Å². The van der Waals surface area contributed by atoms with Crippen LogP contribution in [0.5, 0.6) is 0 Å². The van der Waals surface area contributed by atoms with Crippen molar-refractivity contribution in [2.75, 3.05) is 27.2 Å². The molecule has 4 nitrogen and oxygen atoms in total. The van der Waals surface area contributed by atoms with Crippen LogP contribution in [0.15, 0.2) is 54.6 Å². The Bertz CT molecular complexity index is 917. The lowest BCUT2D eigenvalue weighted by molar-refractivity contribution is -0.856. The largest absolute Gasteiger partial charge is 0.346 e. The van der Waals surface area contributed by atoms with Crippen molar-refractivity contribution in [2.24, 2.45) is 0 Å². The molecule has 27 heavy (non-hydrogen) atoms. The van der Waals surface area contributed by atoms with Crippen LogP contribution < -0.4 is 10.2 Å². The Hall–Kier alpha value is -2.72. The first-order chi connectivity index (χ1) is 13.1. The predicted octanol–water partition coefficient (Wildman–Crippen LogP) is 2.73. The summed E-state index contributed by atoms with van der Waals surface area (Å²) < 4.78 is 0. The number of benzene rings is 2. The Kier molecular flexibility index (Phi) is 6.20. The van der Waals surface area contributed by atoms with Gasteiger partial charge in [-0.2, -0.15) is 0 Å². The number of aromatic nitrogens is 1. The number of pyridine rings is 1. The van der Waals surface area contributed by atoms with Gasteiger partial charge in [-0.05, 0) is 24.1 Å². The smallest absolute Gasteiger partial charge is 0.252 e. The van der Waals surface area contributed by atoms with Crippen molar-refractivity contribution in [3.8, 4) is 11.3 Å². The number of fused-ring (bicyclic) bond motifs is 1. The fourth-order valence-electron chi connectivity index (χ4n) is 3.16. The minimum atomic E-state index is -0.0429. The molecule has 0 saturated heterocycles. The fourth-order valence-corrected chi connectivity index (χ4v) is 3.16. The Morgan fingerprint density at radius 1 is 1.07 bits per heavy atom. The number of hydrogen-bond donors (Lipinski definition) is 2. The van der Waals surface area contributed by atoms with Gasteiger partial charge in [0.2, 0.25) is 0 Å². The highest BCUT2D eigenvalue weighted by molar-refractivity contribution is 6.07. The van der Waals surface area contributed by atoms with Gasteiger partial charge >= 0.3 is 0 Å². The monoisotopic (exact) mass is 362 g/mol. The number of likely N-dealkylation sites (N-methyl/N-ethyl adjacent to an activating group) is 1. The fraction of sp³-hybridized carbons (Fsp3) is 0.304. The number of aryl methyl sites for hydroxylation is 1. The molecule has 4 heteroatoms. The molecule has 0 aliphatic heterocycles. The molecule has 2 N–H and O–H groups in total. The van der Waals surface area contributed by atoms with Gasteiger partial charge in [-0.3, -0.25) is 4.79 Å². The maximum atomic E-state index is 12.8. The lowest BCUT2D eigenvalue weighted by atomic mass is 10.0. The lowest BCUT2D eigenvalue weighted by Crippen LogP contribution is -3.06. The first kappa shape index (κ1) is 19.1. The molecule has 1 amide bonds. The van der Waals surface area contributed by atoms with Crippen molar-refractivity contribution in [3.63, 3.8) is 0 Å². The molecule has 1 heterocycles. The van der Waals surface area contributed by atoms with Gasteiger partial charge in [0.1, 0.15) is 0 Å². The van der Waals surface area contributed by atoms with E-state index in [1.54, 1.807) is 0 Å². The standard InChI is InChI=1S/C23H27N3O/c1-4-7-17-10-12-18(13-11-17)22-16-20(23(27)24-14-15-26(2)3)19-8-5-6-9-21(19)25-22/h5-6,8-13,16H,4,7,14-15H2,1-3H3,(H,24,27)/p+1. The van der Waals surface area contributed by atoms with E-state index in [1.165, 1.54) is 10.5 Å². The van der Waals surface area contributed by atoms with Crippen LogP contribution in [0.25, 0.3) is 22.2 Å². The molecular formula is C23H28N3O+. The molecule has 140 valence electrons. The van der Waals surface area contributed by atoms with Crippen LogP contribution in [0.3, 0.4) is 0 Å². The lowest BCUT2D eigenvalue weighted by Gasteiger charge is -2.12. The first-order valence-electron chi connectivity index (χ1n) is 9.65. The summed E-state index contributed by atoms with van der Waals surface area (Å²) in [5.74, 6) is -0.0429. The highest BCUT2D eigenvalue weighted by Gasteiger charge is 2.14. The molecule has 0 unspecified atom stereocenters. The van der Waals surface area contributed by atoms with E-state index in [9.17, 15) is 4.79 Å². The molecule has 1 aromatic heterocycles. The van der Waals surface area contributed by atoms with E-state index in [2.05, 4.69) is 50.6 Å². The highest BCUT2D eigenvalue weighted by atomic mass is 16.1. The predicted molar refractivity (Wildman–Crippen MR) is 111 cm³/mol. The number of nitrogens with zero attached hydrogens (tertiary/aromatic N) is 1. The van der Waals surface area contributed by atoms with Crippen LogP contribution in [0.1, 0.15) is 29.3 Å². The Morgan fingerprint density at radius 2 is 1.81 bits per heavy atom. The van der Waals surface area contributed by atoms with E-state index >= 15 is 0 Å². The summed E-state index contributed by atoms with van der Waals surface area (Å²) in [4.78, 5) is 18.9. The third-order valence-corrected chi connectivity index (χ3v) is 4.66. The third-order valence-electron chi connectivity index (χ3n) is 4.66. The van der Waals surface area contributed by atoms with E-state index < -0.39 is 0 Å². The second-order valence-corrected chi connectivity index (χ2v) is 7.23. The van der Waals surface area contributed by atoms with Gasteiger partial charge in [0.05, 0.1) is 44.0 Å². The summed E-state index contributed by atoms with van der Waals surface area (Å²) in [5, 5.41) is 3.93. The summed E-state index contributed by atoms with van der Waals surface area (Å²) in [5.41, 5.74) is 4.72. The van der Waals surface area contributed by atoms with Gasteiger partial charge in [0, 0.05) is 10.9 Å². The molecule has 0 fully saturated rings. The number of hydrogen-bond acceptors (Lipinski definition) is 2. The second kappa shape index (κ2) is 8.78. The van der Waals surface area contributed by atoms with Crippen LogP contribution >= 0.6 is 0 Å². The number of nitrogens with one attached hydrogen (secondary N) is 2. The molecule has 0 atom stereocenters. The number of carbonyl (C=O) groups is 1. The molecule has 2 aromatic carbocycles. The topological polar surface area (TPSA) is 46.4 Å². The quantitative estimate of drug-likeness (QED) is 0.679. The molecule has 0 aliphatic rings. The minimum absolute atomic E-state index is 0.0429. The van der Waals surface area contributed by atoms with Crippen LogP contribution in [0.4, 0.5) is 0 Å². The Balaban J connectivity index is 1.96. The number of amides is 1. The molecule has 0 bridgehead atoms. The molecular weight excluding hydrogens is 334 g/mol. The second-order valence-electron chi connectivity index (χ2n) is 7.23. The molecule has 0 aliphatic carbocycles. The SMILES string of the molecule is CCCc1ccc(-c2cc(C(=O)NCC[NH+](C)C)c3ccccc3n2)cc1. The van der Waals surface area contributed by atoms with Crippen molar-refractivity contribution in [1.29, 1.82) is 0 Å². The van der Waals surface area contributed by atoms with Crippen LogP contribution in [-0.2, 0) is 6.42 Å². The summed E-state index contributed by atoms with van der Waals surface area (Å²) >= 11 is 0. The normalized spacial score (nSPS) is 11.1. The zero-order chi connectivity index (χ0) is 19.2. The van der Waals surface area contributed by atoms with Crippen LogP contribution in [0, 0.1) is 0 Å². The number of rotatable bonds is 7. The van der Waals surface area contributed by atoms with Gasteiger partial charge in [0.15, 0.2) is 0 Å². The maximum Gasteiger partial charge on any atom is 0.252 e. The van der Waals surface area contributed by atoms with Gasteiger partial charge in [-0.15, -0.1) is 0 Å². The molecule has 3 rings (SSSR count). The van der Waals surface area contributed by atoms with Crippen molar-refractivity contribution in [3.05, 3.63) is 65.7 Å². The van der Waals surface area contributed by atoms with Gasteiger partial charge in [-0.25, -0.2) is 4.98 Å². The van der Waals surface area contributed by atoms with Gasteiger partial charge in [0.25, 0.3) is 5.91 Å². The molecule has 3 aromatic rings. The molecule has 0 spiro atoms. The van der Waals surface area contributed by atoms with Crippen molar-refractivity contribution in [2.45, 2.75) is 19.8 Å². The van der Waals surface area contributed by atoms with Crippen LogP contribution in [-0.4, -0.2) is 38.1 Å². The number of quaternary nitrogens is 1. The van der Waals surface area contributed by atoms with Crippen molar-refractivity contribution >= 4 is 16.8 Å². The third kappa shape index (κ3) is 4.72. The summed E-state index contributed by atoms with van der Waals surface area (Å²) in [6.45, 7) is 3.72.